The van der Waals surface area contributed by atoms with E-state index in [-0.39, 0.29) is 0 Å². The van der Waals surface area contributed by atoms with Crippen LogP contribution in [0.5, 0.6) is 0 Å². The number of nitrogens with one attached hydrogen (secondary N) is 1. The van der Waals surface area contributed by atoms with Crippen LogP contribution in [0.2, 0.25) is 0 Å². The number of nitrogen functional groups attached to an aromatic ring is 1. The Bertz CT molecular complexity index is 593. The third kappa shape index (κ3) is 3.04. The second-order valence-corrected chi connectivity index (χ2v) is 4.02. The second kappa shape index (κ2) is 5.43. The summed E-state index contributed by atoms with van der Waals surface area (Å²) in [6.45, 7) is 2.29. The number of esters is 1. The summed E-state index contributed by atoms with van der Waals surface area (Å²) in [6, 6.07) is 5.25. The van der Waals surface area contributed by atoms with E-state index in [0.29, 0.717) is 23.6 Å². The maximum atomic E-state index is 11.6. The highest BCUT2D eigenvalue weighted by Gasteiger charge is 2.14. The molecule has 0 aromatic carbocycles. The van der Waals surface area contributed by atoms with E-state index in [1.807, 2.05) is 19.1 Å². The molecule has 2 aromatic heterocycles. The molecular weight excluding hydrogens is 246 g/mol. The summed E-state index contributed by atoms with van der Waals surface area (Å²) in [5, 5.41) is 3.02. The molecule has 0 aliphatic heterocycles. The zero-order chi connectivity index (χ0) is 13.8. The molecular formula is C13H15N3O3. The summed E-state index contributed by atoms with van der Waals surface area (Å²) in [7, 11) is 1.31. The minimum atomic E-state index is -0.488. The number of hydrogen-bond acceptors (Lipinski definition) is 6. The van der Waals surface area contributed by atoms with E-state index in [2.05, 4.69) is 10.3 Å². The zero-order valence-electron chi connectivity index (χ0n) is 10.8. The molecule has 100 valence electrons. The number of nitrogens with two attached hydrogens (primary N) is 1. The van der Waals surface area contributed by atoms with Crippen molar-refractivity contribution in [2.45, 2.75) is 13.5 Å². The lowest BCUT2D eigenvalue weighted by atomic mass is 10.2. The molecule has 19 heavy (non-hydrogen) atoms. The largest absolute Gasteiger partial charge is 0.465 e. The third-order valence-electron chi connectivity index (χ3n) is 2.54. The lowest BCUT2D eigenvalue weighted by Crippen LogP contribution is -2.10. The van der Waals surface area contributed by atoms with Crippen LogP contribution in [0, 0.1) is 6.92 Å². The number of aromatic nitrogens is 1. The number of carbonyl (C=O) groups excluding carboxylic acids is 1. The molecule has 0 fully saturated rings. The first-order chi connectivity index (χ1) is 9.10. The first-order valence-electron chi connectivity index (χ1n) is 5.73. The summed E-state index contributed by atoms with van der Waals surface area (Å²) < 4.78 is 10.1. The van der Waals surface area contributed by atoms with E-state index in [1.165, 1.54) is 19.4 Å². The fraction of sp³-hybridized carbons (Fsp3) is 0.231. The van der Waals surface area contributed by atoms with Gasteiger partial charge in [-0.2, -0.15) is 0 Å². The van der Waals surface area contributed by atoms with Gasteiger partial charge in [-0.1, -0.05) is 0 Å². The Hall–Kier alpha value is -2.50. The number of nitrogens with zero attached hydrogens (tertiary/aromatic N) is 1. The van der Waals surface area contributed by atoms with Gasteiger partial charge in [-0.15, -0.1) is 0 Å². The minimum absolute atomic E-state index is 0.297. The smallest absolute Gasteiger partial charge is 0.341 e. The molecule has 0 spiro atoms. The molecule has 0 unspecified atom stereocenters. The molecule has 0 bridgehead atoms. The number of methoxy groups -OCH3 is 1. The van der Waals surface area contributed by atoms with Crippen molar-refractivity contribution in [2.24, 2.45) is 0 Å². The van der Waals surface area contributed by atoms with Crippen LogP contribution in [0.25, 0.3) is 0 Å². The third-order valence-corrected chi connectivity index (χ3v) is 2.54. The van der Waals surface area contributed by atoms with Crippen molar-refractivity contribution in [3.05, 3.63) is 41.5 Å². The number of anilines is 2. The number of ether oxygens (including phenoxy) is 1. The van der Waals surface area contributed by atoms with Gasteiger partial charge >= 0.3 is 5.97 Å². The Morgan fingerprint density at radius 2 is 2.32 bits per heavy atom. The summed E-state index contributed by atoms with van der Waals surface area (Å²) in [4.78, 5) is 15.7. The van der Waals surface area contributed by atoms with Crippen LogP contribution in [0.4, 0.5) is 11.5 Å². The van der Waals surface area contributed by atoms with Crippen LogP contribution in [-0.4, -0.2) is 18.1 Å². The average Bonchev–Trinajstić information content (AvgIpc) is 2.82. The van der Waals surface area contributed by atoms with Crippen molar-refractivity contribution < 1.29 is 13.9 Å². The van der Waals surface area contributed by atoms with Gasteiger partial charge in [0, 0.05) is 0 Å². The Morgan fingerprint density at radius 3 is 2.95 bits per heavy atom. The van der Waals surface area contributed by atoms with Gasteiger partial charge in [0.2, 0.25) is 0 Å². The van der Waals surface area contributed by atoms with Crippen LogP contribution >= 0.6 is 0 Å². The molecule has 0 amide bonds. The lowest BCUT2D eigenvalue weighted by molar-refractivity contribution is 0.0601. The van der Waals surface area contributed by atoms with Gasteiger partial charge in [0.15, 0.2) is 0 Å². The Labute approximate surface area is 110 Å². The van der Waals surface area contributed by atoms with Crippen LogP contribution in [0.1, 0.15) is 21.9 Å². The topological polar surface area (TPSA) is 90.4 Å². The van der Waals surface area contributed by atoms with E-state index < -0.39 is 5.97 Å². The predicted molar refractivity (Wildman–Crippen MR) is 70.8 cm³/mol. The lowest BCUT2D eigenvalue weighted by Gasteiger charge is -2.09. The monoisotopic (exact) mass is 261 g/mol. The molecule has 0 saturated heterocycles. The Morgan fingerprint density at radius 1 is 1.53 bits per heavy atom. The molecule has 2 heterocycles. The summed E-state index contributed by atoms with van der Waals surface area (Å²) in [6.07, 6.45) is 1.47. The van der Waals surface area contributed by atoms with E-state index in [4.69, 9.17) is 14.9 Å². The maximum Gasteiger partial charge on any atom is 0.341 e. The van der Waals surface area contributed by atoms with Gasteiger partial charge < -0.3 is 20.2 Å². The van der Waals surface area contributed by atoms with Gasteiger partial charge in [0.25, 0.3) is 0 Å². The fourth-order valence-electron chi connectivity index (χ4n) is 1.64. The van der Waals surface area contributed by atoms with Crippen LogP contribution < -0.4 is 11.1 Å². The Balaban J connectivity index is 2.17. The second-order valence-electron chi connectivity index (χ2n) is 4.02. The van der Waals surface area contributed by atoms with Crippen LogP contribution in [-0.2, 0) is 11.3 Å². The molecule has 2 aromatic rings. The number of furan rings is 1. The molecule has 0 atom stereocenters. The maximum absolute atomic E-state index is 11.6. The zero-order valence-corrected chi connectivity index (χ0v) is 10.8. The first kappa shape index (κ1) is 12.9. The van der Waals surface area contributed by atoms with Crippen molar-refractivity contribution >= 4 is 17.5 Å². The fourth-order valence-corrected chi connectivity index (χ4v) is 1.64. The predicted octanol–water partition coefficient (Wildman–Crippen LogP) is 1.96. The molecule has 0 aliphatic rings. The van der Waals surface area contributed by atoms with Crippen LogP contribution in [0.15, 0.2) is 28.8 Å². The quantitative estimate of drug-likeness (QED) is 0.818. The van der Waals surface area contributed by atoms with Gasteiger partial charge in [-0.05, 0) is 25.1 Å². The number of hydrogen-bond donors (Lipinski definition) is 2. The number of carbonyl (C=O) groups is 1. The van der Waals surface area contributed by atoms with Crippen molar-refractivity contribution in [1.82, 2.24) is 4.98 Å². The normalized spacial score (nSPS) is 10.2. The average molecular weight is 261 g/mol. The molecule has 6 nitrogen and oxygen atoms in total. The van der Waals surface area contributed by atoms with Crippen molar-refractivity contribution in [3.8, 4) is 0 Å². The summed E-state index contributed by atoms with van der Waals surface area (Å²) in [5.41, 5.74) is 6.31. The van der Waals surface area contributed by atoms with E-state index >= 15 is 0 Å². The first-order valence-corrected chi connectivity index (χ1v) is 5.73. The van der Waals surface area contributed by atoms with E-state index in [9.17, 15) is 4.79 Å². The van der Waals surface area contributed by atoms with Gasteiger partial charge in [-0.25, -0.2) is 9.78 Å². The van der Waals surface area contributed by atoms with Gasteiger partial charge in [0.1, 0.15) is 22.9 Å². The molecule has 3 N–H and O–H groups in total. The molecule has 0 aliphatic carbocycles. The summed E-state index contributed by atoms with van der Waals surface area (Å²) >= 11 is 0. The molecule has 6 heteroatoms. The SMILES string of the molecule is COC(=O)c1cc(N)cnc1NCc1ccc(C)o1. The molecule has 2 rings (SSSR count). The standard InChI is InChI=1S/C13H15N3O3/c1-8-3-4-10(19-8)7-16-12-11(13(17)18-2)5-9(14)6-15-12/h3-6H,7,14H2,1-2H3,(H,15,16). The van der Waals surface area contributed by atoms with Crippen molar-refractivity contribution in [3.63, 3.8) is 0 Å². The number of pyridine rings is 1. The Kier molecular flexibility index (Phi) is 3.70. The van der Waals surface area contributed by atoms with Gasteiger partial charge in [-0.3, -0.25) is 0 Å². The van der Waals surface area contributed by atoms with Crippen LogP contribution in [0.3, 0.4) is 0 Å². The molecule has 0 saturated carbocycles. The highest BCUT2D eigenvalue weighted by atomic mass is 16.5. The van der Waals surface area contributed by atoms with E-state index in [0.717, 1.165) is 11.5 Å². The van der Waals surface area contributed by atoms with Crippen molar-refractivity contribution in [1.29, 1.82) is 0 Å². The van der Waals surface area contributed by atoms with Gasteiger partial charge in [0.05, 0.1) is 25.5 Å². The number of aryl methyl sites for hydroxylation is 1. The van der Waals surface area contributed by atoms with E-state index in [1.54, 1.807) is 0 Å². The number of rotatable bonds is 4. The minimum Gasteiger partial charge on any atom is -0.465 e. The highest BCUT2D eigenvalue weighted by Crippen LogP contribution is 2.18. The van der Waals surface area contributed by atoms with Crippen molar-refractivity contribution in [2.75, 3.05) is 18.2 Å². The summed E-state index contributed by atoms with van der Waals surface area (Å²) in [5.74, 6) is 1.51. The highest BCUT2D eigenvalue weighted by molar-refractivity contribution is 5.95. The molecule has 0 radical (unpaired) electrons.